The summed E-state index contributed by atoms with van der Waals surface area (Å²) in [5, 5.41) is 27.5. The fourth-order valence-corrected chi connectivity index (χ4v) is 10.1. The monoisotopic (exact) mass is 1070 g/mol. The van der Waals surface area contributed by atoms with Gasteiger partial charge in [-0.1, -0.05) is 109 Å². The molecule has 0 bridgehead atoms. The third-order valence-corrected chi connectivity index (χ3v) is 14.3. The second-order valence-electron chi connectivity index (χ2n) is 18.1. The van der Waals surface area contributed by atoms with Gasteiger partial charge in [-0.05, 0) is 118 Å². The first kappa shape index (κ1) is 49.7. The van der Waals surface area contributed by atoms with E-state index in [1.54, 1.807) is 34.2 Å². The molecule has 0 unspecified atom stereocenters. The van der Waals surface area contributed by atoms with E-state index in [1.807, 2.05) is 205 Å². The number of ketones is 2. The number of rotatable bonds is 20. The van der Waals surface area contributed by atoms with Gasteiger partial charge in [0.2, 0.25) is 10.3 Å². The fraction of sp³-hybridized carbons (Fsp3) is 0.0476. The number of aromatic nitrogens is 6. The van der Waals surface area contributed by atoms with Crippen LogP contribution in [0.5, 0.6) is 11.5 Å². The van der Waals surface area contributed by atoms with E-state index in [2.05, 4.69) is 21.1 Å². The maximum Gasteiger partial charge on any atom is 0.203 e. The molecular weight excluding hydrogens is 1020 g/mol. The molecule has 0 fully saturated rings. The van der Waals surface area contributed by atoms with Crippen LogP contribution in [0.3, 0.4) is 0 Å². The van der Waals surface area contributed by atoms with Crippen LogP contribution in [0.25, 0.3) is 55.7 Å². The summed E-state index contributed by atoms with van der Waals surface area (Å²) >= 11 is 2.75. The maximum absolute atomic E-state index is 14.0. The molecule has 0 spiro atoms. The third-order valence-electron chi connectivity index (χ3n) is 12.8. The van der Waals surface area contributed by atoms with Gasteiger partial charge in [-0.2, -0.15) is 20.4 Å². The molecule has 0 atom stereocenters. The van der Waals surface area contributed by atoms with E-state index in [0.29, 0.717) is 74.9 Å². The molecule has 384 valence electrons. The van der Waals surface area contributed by atoms with Crippen molar-refractivity contribution in [3.05, 3.63) is 251 Å². The number of fused-ring (bicyclic) bond motifs is 2. The average Bonchev–Trinajstić information content (AvgIpc) is 4.53. The number of hydrogen-bond donors (Lipinski definition) is 2. The summed E-state index contributed by atoms with van der Waals surface area (Å²) in [7, 11) is 0. The first-order valence-corrected chi connectivity index (χ1v) is 27.0. The normalized spacial score (nSPS) is 11.4. The SMILES string of the molecule is O=C(c1ccc2ccccc2c1)c1cn(-c2ccccc2)nc1-c1csc(NN=Cc2ccc(OCCCOc3ccc(C=NNc4nc(-c5nn(-c6ccccc6)cc5C(=O)c5ccc6ccccc6c5)cs4)cc3)cc2)n1. The zero-order chi connectivity index (χ0) is 53.3. The highest BCUT2D eigenvalue weighted by Crippen LogP contribution is 2.32. The zero-order valence-electron chi connectivity index (χ0n) is 42.1. The van der Waals surface area contributed by atoms with Crippen molar-refractivity contribution < 1.29 is 19.1 Å². The quantitative estimate of drug-likeness (QED) is 0.0325. The Hall–Kier alpha value is -10.2. The summed E-state index contributed by atoms with van der Waals surface area (Å²) in [5.41, 5.74) is 13.6. The van der Waals surface area contributed by atoms with Gasteiger partial charge in [-0.25, -0.2) is 19.3 Å². The molecule has 0 aliphatic heterocycles. The summed E-state index contributed by atoms with van der Waals surface area (Å²) in [6.07, 6.45) is 7.64. The lowest BCUT2D eigenvalue weighted by Crippen LogP contribution is -2.05. The van der Waals surface area contributed by atoms with Crippen LogP contribution in [0.1, 0.15) is 49.4 Å². The first-order valence-electron chi connectivity index (χ1n) is 25.3. The Bertz CT molecular complexity index is 3900. The molecule has 0 saturated heterocycles. The summed E-state index contributed by atoms with van der Waals surface area (Å²) in [6.45, 7) is 0.957. The Kier molecular flexibility index (Phi) is 14.5. The number of carbonyl (C=O) groups is 2. The van der Waals surface area contributed by atoms with Crippen LogP contribution in [0.2, 0.25) is 0 Å². The molecular formula is C63H46N10O4S2. The second kappa shape index (κ2) is 23.0. The van der Waals surface area contributed by atoms with E-state index in [1.165, 1.54) is 22.7 Å². The van der Waals surface area contributed by atoms with Gasteiger partial charge in [0.05, 0.1) is 48.1 Å². The van der Waals surface area contributed by atoms with Crippen LogP contribution in [0.15, 0.2) is 227 Å². The van der Waals surface area contributed by atoms with Gasteiger partial charge >= 0.3 is 0 Å². The Balaban J connectivity index is 0.604. The molecule has 0 aliphatic carbocycles. The molecule has 14 nitrogen and oxygen atoms in total. The molecule has 12 rings (SSSR count). The number of anilines is 2. The molecule has 4 heterocycles. The van der Waals surface area contributed by atoms with Gasteiger partial charge in [0.25, 0.3) is 0 Å². The topological polar surface area (TPSA) is 163 Å². The average molecular weight is 1070 g/mol. The standard InChI is InChI=1S/C63H46N10O4S2/c74-60(48-26-24-44-12-7-9-14-46(44)34-48)54-38-72(50-16-3-1-4-17-50)70-58(54)56-40-78-62(66-56)68-64-36-42-20-28-52(29-21-42)76-32-11-33-77-53-30-22-43(23-31-53)37-65-69-63-67-57(41-79-63)59-55(39-73(71-59)51-18-5-2-6-19-51)61(75)49-27-25-45-13-8-10-15-47(45)35-49/h1-10,12-31,34-41H,11,32-33H2,(H,66,68)(H,67,69). The van der Waals surface area contributed by atoms with E-state index in [0.717, 1.165) is 55.5 Å². The van der Waals surface area contributed by atoms with Crippen molar-refractivity contribution in [3.63, 3.8) is 0 Å². The van der Waals surface area contributed by atoms with Crippen LogP contribution < -0.4 is 20.3 Å². The molecule has 2 N–H and O–H groups in total. The van der Waals surface area contributed by atoms with E-state index < -0.39 is 0 Å². The Morgan fingerprint density at radius 3 is 1.32 bits per heavy atom. The lowest BCUT2D eigenvalue weighted by molar-refractivity contribution is 0.103. The van der Waals surface area contributed by atoms with E-state index >= 15 is 0 Å². The molecule has 0 radical (unpaired) electrons. The van der Waals surface area contributed by atoms with Gasteiger partial charge < -0.3 is 9.47 Å². The summed E-state index contributed by atoms with van der Waals surface area (Å²) < 4.78 is 15.4. The van der Waals surface area contributed by atoms with Gasteiger partial charge in [-0.15, -0.1) is 22.7 Å². The summed E-state index contributed by atoms with van der Waals surface area (Å²) in [4.78, 5) is 37.6. The lowest BCUT2D eigenvalue weighted by Gasteiger charge is -2.08. The van der Waals surface area contributed by atoms with Crippen molar-refractivity contribution in [3.8, 4) is 45.6 Å². The van der Waals surface area contributed by atoms with E-state index in [4.69, 9.17) is 29.6 Å². The van der Waals surface area contributed by atoms with Gasteiger partial charge in [0.1, 0.15) is 34.3 Å². The minimum atomic E-state index is -0.136. The van der Waals surface area contributed by atoms with Crippen molar-refractivity contribution in [2.75, 3.05) is 24.1 Å². The predicted molar refractivity (Wildman–Crippen MR) is 315 cm³/mol. The Morgan fingerprint density at radius 1 is 0.481 bits per heavy atom. The molecule has 0 amide bonds. The highest BCUT2D eigenvalue weighted by atomic mass is 32.1. The van der Waals surface area contributed by atoms with Crippen LogP contribution in [-0.2, 0) is 0 Å². The van der Waals surface area contributed by atoms with Crippen molar-refractivity contribution in [1.82, 2.24) is 29.5 Å². The predicted octanol–water partition coefficient (Wildman–Crippen LogP) is 13.8. The van der Waals surface area contributed by atoms with Gasteiger partial charge in [-0.3, -0.25) is 20.4 Å². The third kappa shape index (κ3) is 11.5. The molecule has 12 aromatic rings. The van der Waals surface area contributed by atoms with Crippen molar-refractivity contribution in [1.29, 1.82) is 0 Å². The van der Waals surface area contributed by atoms with Crippen LogP contribution in [-0.4, -0.2) is 66.7 Å². The van der Waals surface area contributed by atoms with E-state index in [9.17, 15) is 9.59 Å². The molecule has 0 saturated carbocycles. The second-order valence-corrected chi connectivity index (χ2v) is 19.8. The number of nitrogens with zero attached hydrogens (tertiary/aromatic N) is 8. The summed E-state index contributed by atoms with van der Waals surface area (Å²) in [5.74, 6) is 1.20. The number of thiazole rings is 2. The fourth-order valence-electron chi connectivity index (χ4n) is 8.79. The van der Waals surface area contributed by atoms with Crippen molar-refractivity contribution >= 4 is 78.5 Å². The number of ether oxygens (including phenoxy) is 2. The number of carbonyl (C=O) groups excluding carboxylic acids is 2. The molecule has 0 aliphatic rings. The minimum absolute atomic E-state index is 0.136. The number of nitrogens with one attached hydrogen (secondary N) is 2. The molecule has 16 heteroatoms. The molecule has 79 heavy (non-hydrogen) atoms. The number of para-hydroxylation sites is 2. The maximum atomic E-state index is 14.0. The zero-order valence-corrected chi connectivity index (χ0v) is 43.7. The number of benzene rings is 8. The highest BCUT2D eigenvalue weighted by molar-refractivity contribution is 7.14. The van der Waals surface area contributed by atoms with Crippen molar-refractivity contribution in [2.45, 2.75) is 6.42 Å². The number of hydrogen-bond acceptors (Lipinski definition) is 14. The van der Waals surface area contributed by atoms with E-state index in [-0.39, 0.29) is 11.6 Å². The van der Waals surface area contributed by atoms with Crippen LogP contribution >= 0.6 is 22.7 Å². The van der Waals surface area contributed by atoms with Gasteiger partial charge in [0.15, 0.2) is 11.6 Å². The van der Waals surface area contributed by atoms with Crippen LogP contribution in [0.4, 0.5) is 10.3 Å². The Labute approximate surface area is 461 Å². The largest absolute Gasteiger partial charge is 0.493 e. The van der Waals surface area contributed by atoms with Crippen molar-refractivity contribution in [2.24, 2.45) is 10.2 Å². The highest BCUT2D eigenvalue weighted by Gasteiger charge is 2.24. The van der Waals surface area contributed by atoms with Gasteiger partial charge in [0, 0.05) is 40.7 Å². The summed E-state index contributed by atoms with van der Waals surface area (Å²) in [6, 6.07) is 62.1. The van der Waals surface area contributed by atoms with Crippen LogP contribution in [0, 0.1) is 0 Å². The lowest BCUT2D eigenvalue weighted by atomic mass is 10.00. The number of hydrazone groups is 2. The molecule has 4 aromatic heterocycles. The Morgan fingerprint density at radius 2 is 0.886 bits per heavy atom. The molecule has 8 aromatic carbocycles. The smallest absolute Gasteiger partial charge is 0.203 e. The first-order chi connectivity index (χ1) is 38.9. The minimum Gasteiger partial charge on any atom is -0.493 e.